The lowest BCUT2D eigenvalue weighted by Crippen LogP contribution is -2.59. The molecule has 0 bridgehead atoms. The van der Waals surface area contributed by atoms with E-state index < -0.39 is 28.2 Å². The number of hydrogen-bond acceptors (Lipinski definition) is 8. The molecule has 0 aliphatic carbocycles. The van der Waals surface area contributed by atoms with Crippen LogP contribution in [0.5, 0.6) is 11.5 Å². The van der Waals surface area contributed by atoms with Crippen LogP contribution in [-0.2, 0) is 4.74 Å². The number of fused-ring (bicyclic) bond motifs is 1. The summed E-state index contributed by atoms with van der Waals surface area (Å²) in [6.07, 6.45) is 3.69. The number of pyridine rings is 1. The van der Waals surface area contributed by atoms with Gasteiger partial charge in [0.2, 0.25) is 5.78 Å². The lowest BCUT2D eigenvalue weighted by atomic mass is 9.98. The third-order valence-electron chi connectivity index (χ3n) is 7.58. The van der Waals surface area contributed by atoms with Crippen molar-refractivity contribution in [2.45, 2.75) is 25.3 Å². The summed E-state index contributed by atoms with van der Waals surface area (Å²) in [6.45, 7) is 0.0118. The van der Waals surface area contributed by atoms with E-state index in [-0.39, 0.29) is 59.9 Å². The zero-order chi connectivity index (χ0) is 30.6. The quantitative estimate of drug-likeness (QED) is 0.153. The predicted octanol–water partition coefficient (Wildman–Crippen LogP) is 5.16. The van der Waals surface area contributed by atoms with Crippen molar-refractivity contribution in [1.29, 1.82) is 0 Å². The molecule has 2 amide bonds. The van der Waals surface area contributed by atoms with Crippen LogP contribution < -0.4 is 19.3 Å². The number of benzene rings is 2. The van der Waals surface area contributed by atoms with E-state index in [1.165, 1.54) is 50.9 Å². The molecule has 1 saturated heterocycles. The van der Waals surface area contributed by atoms with Crippen LogP contribution in [0.3, 0.4) is 0 Å². The van der Waals surface area contributed by atoms with Gasteiger partial charge in [-0.05, 0) is 49.6 Å². The van der Waals surface area contributed by atoms with Crippen LogP contribution in [0.4, 0.5) is 15.1 Å². The lowest BCUT2D eigenvalue weighted by Gasteiger charge is -2.30. The Morgan fingerprint density at radius 2 is 1.86 bits per heavy atom. The number of carboxylic acid groups (broad SMARTS) is 1. The van der Waals surface area contributed by atoms with E-state index in [4.69, 9.17) is 18.6 Å². The van der Waals surface area contributed by atoms with Crippen LogP contribution in [0.15, 0.2) is 65.3 Å². The summed E-state index contributed by atoms with van der Waals surface area (Å²) in [5.74, 6) is -2.04. The minimum Gasteiger partial charge on any atom is -0.494 e. The third-order valence-corrected chi connectivity index (χ3v) is 7.58. The normalized spacial score (nSPS) is 18.5. The number of furan rings is 1. The minimum atomic E-state index is -1.16. The van der Waals surface area contributed by atoms with Gasteiger partial charge >= 0.3 is 12.0 Å². The summed E-state index contributed by atoms with van der Waals surface area (Å²) in [6, 6.07) is 11.7. The monoisotopic (exact) mass is 592 g/mol. The Labute approximate surface area is 246 Å². The van der Waals surface area contributed by atoms with E-state index in [0.717, 1.165) is 0 Å². The maximum Gasteiger partial charge on any atom is 0.521 e. The second-order valence-electron chi connectivity index (χ2n) is 10.2. The molecule has 1 fully saturated rings. The van der Waals surface area contributed by atoms with Gasteiger partial charge in [0.15, 0.2) is 18.4 Å². The molecule has 1 aliphatic heterocycles. The van der Waals surface area contributed by atoms with Gasteiger partial charge in [-0.25, -0.2) is 4.39 Å². The average Bonchev–Trinajstić information content (AvgIpc) is 3.35. The van der Waals surface area contributed by atoms with Crippen molar-refractivity contribution in [2.75, 3.05) is 34.1 Å². The molecule has 2 N–H and O–H groups in total. The van der Waals surface area contributed by atoms with E-state index in [2.05, 4.69) is 10.3 Å². The summed E-state index contributed by atoms with van der Waals surface area (Å²) in [5.41, 5.74) is 0.396. The second kappa shape index (κ2) is 12.6. The van der Waals surface area contributed by atoms with Gasteiger partial charge in [-0.15, -0.1) is 0 Å². The van der Waals surface area contributed by atoms with Crippen molar-refractivity contribution < 1.29 is 42.5 Å². The van der Waals surface area contributed by atoms with E-state index in [0.29, 0.717) is 30.2 Å². The van der Waals surface area contributed by atoms with Crippen LogP contribution in [0.2, 0.25) is 0 Å². The van der Waals surface area contributed by atoms with Crippen molar-refractivity contribution in [1.82, 2.24) is 14.8 Å². The molecule has 2 aromatic heterocycles. The van der Waals surface area contributed by atoms with Gasteiger partial charge in [-0.2, -0.15) is 9.28 Å². The van der Waals surface area contributed by atoms with Crippen molar-refractivity contribution in [3.8, 4) is 11.5 Å². The van der Waals surface area contributed by atoms with Crippen LogP contribution in [-0.4, -0.2) is 68.0 Å². The number of ether oxygens (including phenoxy) is 3. The van der Waals surface area contributed by atoms with Crippen LogP contribution in [0, 0.1) is 5.82 Å². The fourth-order valence-electron chi connectivity index (χ4n) is 5.43. The second-order valence-corrected chi connectivity index (χ2v) is 10.2. The molecule has 0 spiro atoms. The van der Waals surface area contributed by atoms with E-state index >= 15 is 4.39 Å². The highest BCUT2D eigenvalue weighted by Crippen LogP contribution is 2.38. The van der Waals surface area contributed by atoms with Crippen molar-refractivity contribution in [3.05, 3.63) is 83.4 Å². The van der Waals surface area contributed by atoms with Crippen LogP contribution in [0.1, 0.15) is 45.5 Å². The van der Waals surface area contributed by atoms with Crippen molar-refractivity contribution in [2.24, 2.45) is 0 Å². The molecule has 3 heterocycles. The molecule has 11 nitrogen and oxygen atoms in total. The Hall–Kier alpha value is -4.81. The SMILES string of the molecule is COCOc1ccc(OC)c(F)c1C(=O)c1cccc2oc([N+]3(C(=O)O)CCCCC(NC(=O)c4ccncc4)C3)cc12. The Morgan fingerprint density at radius 3 is 2.58 bits per heavy atom. The molecule has 2 aromatic carbocycles. The topological polar surface area (TPSA) is 137 Å². The molecule has 224 valence electrons. The zero-order valence-electron chi connectivity index (χ0n) is 23.7. The summed E-state index contributed by atoms with van der Waals surface area (Å²) >= 11 is 0. The van der Waals surface area contributed by atoms with Gasteiger partial charge in [0.25, 0.3) is 5.91 Å². The molecule has 43 heavy (non-hydrogen) atoms. The summed E-state index contributed by atoms with van der Waals surface area (Å²) in [4.78, 5) is 43.6. The van der Waals surface area contributed by atoms with E-state index in [1.807, 2.05) is 0 Å². The van der Waals surface area contributed by atoms with Gasteiger partial charge < -0.3 is 29.1 Å². The van der Waals surface area contributed by atoms with Gasteiger partial charge in [0.05, 0.1) is 25.8 Å². The highest BCUT2D eigenvalue weighted by molar-refractivity contribution is 6.17. The molecule has 0 saturated carbocycles. The number of hydrogen-bond donors (Lipinski definition) is 2. The number of methoxy groups -OCH3 is 2. The number of nitrogens with one attached hydrogen (secondary N) is 1. The Bertz CT molecular complexity index is 1660. The molecular weight excluding hydrogens is 561 g/mol. The summed E-state index contributed by atoms with van der Waals surface area (Å²) < 4.78 is 36.5. The first kappa shape index (κ1) is 29.7. The van der Waals surface area contributed by atoms with E-state index in [1.54, 1.807) is 24.3 Å². The Morgan fingerprint density at radius 1 is 1.09 bits per heavy atom. The number of likely N-dealkylation sites (tertiary alicyclic amines) is 1. The Kier molecular flexibility index (Phi) is 8.69. The number of carbonyl (C=O) groups is 3. The van der Waals surface area contributed by atoms with Gasteiger partial charge in [0, 0.05) is 36.0 Å². The minimum absolute atomic E-state index is 0.0226. The molecule has 1 aliphatic rings. The number of halogens is 1. The van der Waals surface area contributed by atoms with Crippen molar-refractivity contribution >= 4 is 34.6 Å². The number of amides is 2. The number of ketones is 1. The zero-order valence-corrected chi connectivity index (χ0v) is 23.7. The van der Waals surface area contributed by atoms with Gasteiger partial charge in [0.1, 0.15) is 23.4 Å². The number of quaternary nitrogens is 1. The molecule has 5 rings (SSSR count). The maximum atomic E-state index is 15.5. The molecular formula is C31H31FN3O8+. The lowest BCUT2D eigenvalue weighted by molar-refractivity contribution is 0.0500. The van der Waals surface area contributed by atoms with Crippen LogP contribution >= 0.6 is 0 Å². The Balaban J connectivity index is 1.54. The largest absolute Gasteiger partial charge is 0.521 e. The molecule has 2 atom stereocenters. The summed E-state index contributed by atoms with van der Waals surface area (Å²) in [5, 5.41) is 13.8. The highest BCUT2D eigenvalue weighted by Gasteiger charge is 2.46. The maximum absolute atomic E-state index is 15.5. The van der Waals surface area contributed by atoms with Gasteiger partial charge in [-0.3, -0.25) is 14.6 Å². The van der Waals surface area contributed by atoms with Crippen molar-refractivity contribution in [3.63, 3.8) is 0 Å². The number of rotatable bonds is 9. The first-order valence-electron chi connectivity index (χ1n) is 13.7. The third kappa shape index (κ3) is 5.79. The predicted molar refractivity (Wildman–Crippen MR) is 154 cm³/mol. The number of nitrogens with zero attached hydrogens (tertiary/aromatic N) is 2. The first-order valence-corrected chi connectivity index (χ1v) is 13.7. The molecule has 0 radical (unpaired) electrons. The molecule has 2 unspecified atom stereocenters. The number of aromatic nitrogens is 1. The molecule has 12 heteroatoms. The fourth-order valence-corrected chi connectivity index (χ4v) is 5.43. The highest BCUT2D eigenvalue weighted by atomic mass is 19.1. The smallest absolute Gasteiger partial charge is 0.494 e. The molecule has 4 aromatic rings. The van der Waals surface area contributed by atoms with Crippen LogP contribution in [0.25, 0.3) is 11.0 Å². The summed E-state index contributed by atoms with van der Waals surface area (Å²) in [7, 11) is 2.68. The fraction of sp³-hybridized carbons (Fsp3) is 0.290. The average molecular weight is 593 g/mol. The van der Waals surface area contributed by atoms with Gasteiger partial charge in [-0.1, -0.05) is 12.1 Å². The number of carbonyl (C=O) groups excluding carboxylic acids is 2. The van der Waals surface area contributed by atoms with E-state index in [9.17, 15) is 19.5 Å². The first-order chi connectivity index (χ1) is 20.8. The standard InChI is InChI=1S/C31H30FN3O8/c1-40-18-42-24-9-10-25(41-2)28(32)27(24)29(36)21-7-5-8-23-22(21)16-26(43-23)35(31(38)39)15-4-3-6-20(17-35)34-30(37)19-11-13-33-14-12-19/h5,7-14,16,20H,3-4,6,15,17-18H2,1-2H3,(H-,34,37,38,39)/p+1.